The predicted octanol–water partition coefficient (Wildman–Crippen LogP) is 4.87. The molecule has 3 aromatic carbocycles. The van der Waals surface area contributed by atoms with E-state index in [1.54, 1.807) is 0 Å². The highest BCUT2D eigenvalue weighted by molar-refractivity contribution is 5.66. The van der Waals surface area contributed by atoms with Crippen LogP contribution >= 0.6 is 0 Å². The Morgan fingerprint density at radius 1 is 0.417 bits per heavy atom. The number of hydrogen-bond acceptors (Lipinski definition) is 3. The summed E-state index contributed by atoms with van der Waals surface area (Å²) < 4.78 is 121. The Kier molecular flexibility index (Phi) is 1.43. The zero-order valence-corrected chi connectivity index (χ0v) is 11.8. The van der Waals surface area contributed by atoms with E-state index < -0.39 is 125 Å². The molecule has 0 aliphatic carbocycles. The van der Waals surface area contributed by atoms with Gasteiger partial charge >= 0.3 is 0 Å². The minimum absolute atomic E-state index is 0.536. The van der Waals surface area contributed by atoms with E-state index in [1.165, 1.54) is 0 Å². The highest BCUT2D eigenvalue weighted by Crippen LogP contribution is 2.24. The first kappa shape index (κ1) is 5.35. The second-order valence-electron chi connectivity index (χ2n) is 4.31. The lowest BCUT2D eigenvalue weighted by Crippen LogP contribution is -1.99. The lowest BCUT2D eigenvalue weighted by atomic mass is 10.1. The summed E-state index contributed by atoms with van der Waals surface area (Å²) in [7, 11) is 0. The quantitative estimate of drug-likeness (QED) is 0.539. The van der Waals surface area contributed by atoms with Crippen LogP contribution in [0.15, 0.2) is 90.6 Å². The van der Waals surface area contributed by atoms with Crippen molar-refractivity contribution in [3.8, 4) is 34.2 Å². The van der Waals surface area contributed by atoms with Gasteiger partial charge in [0.15, 0.2) is 17.5 Å². The standard InChI is InChI=1S/C21H15N3/c1-4-10-16(11-5-1)19-22-20(17-12-6-2-7-13-17)24-21(23-19)18-14-8-3-9-15-18/h1-15H/i1D,2D,3D,4D,5D,6D,7D,8D,9D,10D,11D,12D,13D,14D,15D. The van der Waals surface area contributed by atoms with Gasteiger partial charge in [0.1, 0.15) is 0 Å². The highest BCUT2D eigenvalue weighted by atomic mass is 15.0. The molecule has 0 saturated carbocycles. The summed E-state index contributed by atoms with van der Waals surface area (Å²) in [6.45, 7) is 0. The van der Waals surface area contributed by atoms with Gasteiger partial charge in [-0.1, -0.05) is 90.6 Å². The van der Waals surface area contributed by atoms with Gasteiger partial charge < -0.3 is 0 Å². The molecule has 0 radical (unpaired) electrons. The van der Waals surface area contributed by atoms with Crippen molar-refractivity contribution >= 4 is 0 Å². The fourth-order valence-electron chi connectivity index (χ4n) is 1.80. The number of nitrogens with zero attached hydrogens (tertiary/aromatic N) is 3. The molecule has 4 rings (SSSR count). The highest BCUT2D eigenvalue weighted by Gasteiger charge is 2.11. The number of hydrogen-bond donors (Lipinski definition) is 0. The van der Waals surface area contributed by atoms with E-state index in [4.69, 9.17) is 20.6 Å². The van der Waals surface area contributed by atoms with E-state index in [-0.39, 0.29) is 0 Å². The van der Waals surface area contributed by atoms with Gasteiger partial charge in [0, 0.05) is 16.7 Å². The van der Waals surface area contributed by atoms with E-state index in [1.807, 2.05) is 0 Å². The van der Waals surface area contributed by atoms with Gasteiger partial charge in [-0.05, 0) is 0 Å². The lowest BCUT2D eigenvalue weighted by molar-refractivity contribution is 1.07. The molecule has 24 heavy (non-hydrogen) atoms. The fourth-order valence-corrected chi connectivity index (χ4v) is 1.80. The van der Waals surface area contributed by atoms with Crippen LogP contribution in [0, 0.1) is 0 Å². The first-order valence-electron chi connectivity index (χ1n) is 14.1. The molecule has 0 unspecified atom stereocenters. The van der Waals surface area contributed by atoms with Gasteiger partial charge in [0.2, 0.25) is 0 Å². The SMILES string of the molecule is [2H]c1c([2H])c([2H])c(-c2nc(-c3c([2H])c([2H])c([2H])c([2H])c3[2H])nc(-c3c([2H])c([2H])c([2H])c([2H])c3[2H])n2)c([2H])c1[2H]. The molecule has 0 saturated heterocycles. The number of rotatable bonds is 3. The van der Waals surface area contributed by atoms with Crippen molar-refractivity contribution in [2.24, 2.45) is 0 Å². The monoisotopic (exact) mass is 324 g/mol. The molecule has 0 amide bonds. The summed E-state index contributed by atoms with van der Waals surface area (Å²) >= 11 is 0. The van der Waals surface area contributed by atoms with Gasteiger partial charge in [-0.15, -0.1) is 0 Å². The first-order chi connectivity index (χ1) is 18.1. The zero-order chi connectivity index (χ0) is 29.2. The Morgan fingerprint density at radius 3 is 0.917 bits per heavy atom. The minimum atomic E-state index is -0.736. The Hall–Kier alpha value is -3.33. The van der Waals surface area contributed by atoms with Crippen molar-refractivity contribution < 1.29 is 20.6 Å². The maximum atomic E-state index is 8.29. The molecular weight excluding hydrogens is 294 g/mol. The third-order valence-corrected chi connectivity index (χ3v) is 2.81. The second-order valence-corrected chi connectivity index (χ2v) is 4.31. The first-order valence-corrected chi connectivity index (χ1v) is 6.59. The van der Waals surface area contributed by atoms with E-state index in [9.17, 15) is 0 Å². The Labute approximate surface area is 161 Å². The summed E-state index contributed by atoms with van der Waals surface area (Å²) in [6.07, 6.45) is 0. The van der Waals surface area contributed by atoms with E-state index in [2.05, 4.69) is 15.0 Å². The maximum absolute atomic E-state index is 8.29. The third-order valence-electron chi connectivity index (χ3n) is 2.81. The summed E-state index contributed by atoms with van der Waals surface area (Å²) in [5, 5.41) is 0. The van der Waals surface area contributed by atoms with Crippen molar-refractivity contribution in [3.63, 3.8) is 0 Å². The molecule has 0 bridgehead atoms. The summed E-state index contributed by atoms with van der Waals surface area (Å²) in [5.74, 6) is -1.82. The van der Waals surface area contributed by atoms with Crippen molar-refractivity contribution in [1.29, 1.82) is 0 Å². The lowest BCUT2D eigenvalue weighted by Gasteiger charge is -2.08. The average Bonchev–Trinajstić information content (AvgIpc) is 2.91. The van der Waals surface area contributed by atoms with Gasteiger partial charge in [-0.25, -0.2) is 15.0 Å². The maximum Gasteiger partial charge on any atom is 0.164 e. The van der Waals surface area contributed by atoms with E-state index in [0.29, 0.717) is 0 Å². The largest absolute Gasteiger partial charge is 0.208 e. The van der Waals surface area contributed by atoms with Crippen LogP contribution in [0.3, 0.4) is 0 Å². The zero-order valence-electron chi connectivity index (χ0n) is 26.8. The van der Waals surface area contributed by atoms with Crippen LogP contribution in [0.1, 0.15) is 20.6 Å². The average molecular weight is 324 g/mol. The molecule has 114 valence electrons. The van der Waals surface area contributed by atoms with Gasteiger partial charge in [0.25, 0.3) is 0 Å². The molecular formula is C21H15N3. The topological polar surface area (TPSA) is 38.7 Å². The van der Waals surface area contributed by atoms with Crippen LogP contribution in [-0.2, 0) is 0 Å². The summed E-state index contributed by atoms with van der Waals surface area (Å²) in [5.41, 5.74) is -1.61. The summed E-state index contributed by atoms with van der Waals surface area (Å²) in [4.78, 5) is 12.2. The molecule has 1 heterocycles. The fraction of sp³-hybridized carbons (Fsp3) is 0. The van der Waals surface area contributed by atoms with Crippen molar-refractivity contribution in [3.05, 3.63) is 90.6 Å². The minimum Gasteiger partial charge on any atom is -0.208 e. The number of benzene rings is 3. The molecule has 0 spiro atoms. The van der Waals surface area contributed by atoms with Crippen LogP contribution in [0.2, 0.25) is 0 Å². The van der Waals surface area contributed by atoms with Crippen LogP contribution in [0.25, 0.3) is 34.2 Å². The molecule has 3 nitrogen and oxygen atoms in total. The van der Waals surface area contributed by atoms with Crippen molar-refractivity contribution in [1.82, 2.24) is 15.0 Å². The molecule has 0 N–H and O–H groups in total. The van der Waals surface area contributed by atoms with Crippen molar-refractivity contribution in [2.75, 3.05) is 0 Å². The Morgan fingerprint density at radius 2 is 0.667 bits per heavy atom. The molecule has 0 fully saturated rings. The smallest absolute Gasteiger partial charge is 0.164 e. The van der Waals surface area contributed by atoms with Crippen LogP contribution in [0.4, 0.5) is 0 Å². The van der Waals surface area contributed by atoms with E-state index in [0.717, 1.165) is 0 Å². The Balaban J connectivity index is 2.22. The number of aromatic nitrogens is 3. The van der Waals surface area contributed by atoms with Crippen LogP contribution < -0.4 is 0 Å². The van der Waals surface area contributed by atoms with E-state index >= 15 is 0 Å². The Bertz CT molecular complexity index is 1420. The van der Waals surface area contributed by atoms with Crippen molar-refractivity contribution in [2.45, 2.75) is 0 Å². The second kappa shape index (κ2) is 6.42. The molecule has 1 aromatic heterocycles. The van der Waals surface area contributed by atoms with Crippen LogP contribution in [-0.4, -0.2) is 15.0 Å². The summed E-state index contributed by atoms with van der Waals surface area (Å²) in [6, 6.07) is -10.9. The normalized spacial score (nSPS) is 19.2. The molecule has 4 aromatic rings. The molecule has 0 atom stereocenters. The van der Waals surface area contributed by atoms with Gasteiger partial charge in [-0.2, -0.15) is 0 Å². The molecule has 0 aliphatic heterocycles. The third kappa shape index (κ3) is 2.92. The van der Waals surface area contributed by atoms with Gasteiger partial charge in [0.05, 0.1) is 20.6 Å². The predicted molar refractivity (Wildman–Crippen MR) is 96.1 cm³/mol. The van der Waals surface area contributed by atoms with Gasteiger partial charge in [-0.3, -0.25) is 0 Å². The molecule has 3 heteroatoms. The van der Waals surface area contributed by atoms with Crippen LogP contribution in [0.5, 0.6) is 0 Å². The molecule has 0 aliphatic rings.